The lowest BCUT2D eigenvalue weighted by Gasteiger charge is -2.23. The van der Waals surface area contributed by atoms with E-state index in [0.717, 1.165) is 6.54 Å². The summed E-state index contributed by atoms with van der Waals surface area (Å²) >= 11 is 0. The van der Waals surface area contributed by atoms with Gasteiger partial charge in [-0.2, -0.15) is 0 Å². The number of carbonyl (C=O) groups excluding carboxylic acids is 1. The molecule has 0 aromatic carbocycles. The zero-order valence-corrected chi connectivity index (χ0v) is 14.0. The number of carbonyl (C=O) groups is 1. The topological polar surface area (TPSA) is 56.7 Å². The number of nitrogens with zero attached hydrogens (tertiary/aromatic N) is 2. The molecule has 6 heteroatoms. The Morgan fingerprint density at radius 2 is 1.82 bits per heavy atom. The van der Waals surface area contributed by atoms with E-state index in [-0.39, 0.29) is 42.0 Å². The van der Waals surface area contributed by atoms with Crippen molar-refractivity contribution in [1.82, 2.24) is 15.5 Å². The predicted octanol–water partition coefficient (Wildman–Crippen LogP) is 1.05. The van der Waals surface area contributed by atoms with E-state index in [1.54, 1.807) is 14.1 Å². The van der Waals surface area contributed by atoms with Crippen molar-refractivity contribution in [3.63, 3.8) is 0 Å². The molecule has 102 valence electrons. The highest BCUT2D eigenvalue weighted by Crippen LogP contribution is 1.97. The highest BCUT2D eigenvalue weighted by Gasteiger charge is 2.12. The van der Waals surface area contributed by atoms with E-state index >= 15 is 0 Å². The molecule has 0 spiro atoms. The number of likely N-dealkylation sites (N-methyl/N-ethyl adjacent to an activating group) is 1. The van der Waals surface area contributed by atoms with E-state index in [0.29, 0.717) is 5.96 Å². The molecule has 0 radical (unpaired) electrons. The van der Waals surface area contributed by atoms with Gasteiger partial charge in [0.25, 0.3) is 0 Å². The summed E-state index contributed by atoms with van der Waals surface area (Å²) in [5.74, 6) is 0.663. The maximum atomic E-state index is 11.4. The summed E-state index contributed by atoms with van der Waals surface area (Å²) < 4.78 is 0. The molecular weight excluding hydrogens is 331 g/mol. The molecule has 0 unspecified atom stereocenters. The Labute approximate surface area is 121 Å². The molecule has 0 aliphatic rings. The maximum Gasteiger partial charge on any atom is 0.243 e. The summed E-state index contributed by atoms with van der Waals surface area (Å²) in [4.78, 5) is 17.1. The van der Waals surface area contributed by atoms with Crippen LogP contribution >= 0.6 is 24.0 Å². The van der Waals surface area contributed by atoms with Crippen molar-refractivity contribution in [3.8, 4) is 0 Å². The van der Waals surface area contributed by atoms with Gasteiger partial charge in [-0.05, 0) is 27.7 Å². The highest BCUT2D eigenvalue weighted by molar-refractivity contribution is 14.0. The van der Waals surface area contributed by atoms with Gasteiger partial charge in [-0.25, -0.2) is 4.99 Å². The van der Waals surface area contributed by atoms with Crippen LogP contribution in [0.25, 0.3) is 0 Å². The van der Waals surface area contributed by atoms with Crippen LogP contribution in [0.4, 0.5) is 0 Å². The van der Waals surface area contributed by atoms with Gasteiger partial charge in [0.2, 0.25) is 5.91 Å². The first kappa shape index (κ1) is 18.8. The molecule has 0 aliphatic heterocycles. The number of rotatable bonds is 3. The van der Waals surface area contributed by atoms with Crippen LogP contribution in [-0.2, 0) is 4.79 Å². The summed E-state index contributed by atoms with van der Waals surface area (Å²) in [5, 5.41) is 6.32. The number of hydrogen-bond acceptors (Lipinski definition) is 2. The van der Waals surface area contributed by atoms with Crippen molar-refractivity contribution in [2.75, 3.05) is 27.2 Å². The average Bonchev–Trinajstić information content (AvgIpc) is 2.11. The number of aliphatic imine (C=N–C) groups is 1. The Bertz CT molecular complexity index is 259. The monoisotopic (exact) mass is 356 g/mol. The summed E-state index contributed by atoms with van der Waals surface area (Å²) in [7, 11) is 3.45. The van der Waals surface area contributed by atoms with Crippen LogP contribution in [0.1, 0.15) is 27.7 Å². The molecule has 0 aromatic heterocycles. The summed E-state index contributed by atoms with van der Waals surface area (Å²) in [5.41, 5.74) is -0.0673. The standard InChI is InChI=1S/C11H24N4O.HI/c1-7-12-10(14-11(2,3)4)13-8-9(16)15(5)6;/h7-8H2,1-6H3,(H2,12,13,14);1H. The third-order valence-electron chi connectivity index (χ3n) is 1.71. The molecule has 0 saturated heterocycles. The van der Waals surface area contributed by atoms with Gasteiger partial charge in [0.05, 0.1) is 0 Å². The summed E-state index contributed by atoms with van der Waals surface area (Å²) in [6, 6.07) is 0. The van der Waals surface area contributed by atoms with Crippen LogP contribution in [0.2, 0.25) is 0 Å². The van der Waals surface area contributed by atoms with Gasteiger partial charge in [0, 0.05) is 26.2 Å². The van der Waals surface area contributed by atoms with E-state index in [1.165, 1.54) is 4.90 Å². The van der Waals surface area contributed by atoms with Gasteiger partial charge in [0.15, 0.2) is 5.96 Å². The number of hydrogen-bond donors (Lipinski definition) is 2. The van der Waals surface area contributed by atoms with Crippen molar-refractivity contribution < 1.29 is 4.79 Å². The molecule has 0 bridgehead atoms. The molecule has 0 atom stereocenters. The molecular formula is C11H25IN4O. The lowest BCUT2D eigenvalue weighted by Crippen LogP contribution is -2.48. The molecule has 1 amide bonds. The Hall–Kier alpha value is -0.530. The fourth-order valence-electron chi connectivity index (χ4n) is 0.950. The molecule has 0 heterocycles. The lowest BCUT2D eigenvalue weighted by atomic mass is 10.1. The molecule has 5 nitrogen and oxygen atoms in total. The number of amides is 1. The first-order valence-electron chi connectivity index (χ1n) is 5.53. The highest BCUT2D eigenvalue weighted by atomic mass is 127. The van der Waals surface area contributed by atoms with E-state index in [2.05, 4.69) is 15.6 Å². The largest absolute Gasteiger partial charge is 0.357 e. The van der Waals surface area contributed by atoms with Crippen molar-refractivity contribution in [2.45, 2.75) is 33.2 Å². The van der Waals surface area contributed by atoms with Gasteiger partial charge < -0.3 is 15.5 Å². The molecule has 0 aromatic rings. The van der Waals surface area contributed by atoms with E-state index in [9.17, 15) is 4.79 Å². The van der Waals surface area contributed by atoms with Crippen molar-refractivity contribution in [3.05, 3.63) is 0 Å². The molecule has 0 aliphatic carbocycles. The Morgan fingerprint density at radius 1 is 1.29 bits per heavy atom. The zero-order valence-electron chi connectivity index (χ0n) is 11.6. The quantitative estimate of drug-likeness (QED) is 0.452. The normalized spacial score (nSPS) is 11.5. The average molecular weight is 356 g/mol. The van der Waals surface area contributed by atoms with Crippen LogP contribution in [0.5, 0.6) is 0 Å². The Kier molecular flexibility index (Phi) is 9.46. The maximum absolute atomic E-state index is 11.4. The third kappa shape index (κ3) is 10.3. The SMILES string of the molecule is CCNC(=NCC(=O)N(C)C)NC(C)(C)C.I. The fourth-order valence-corrected chi connectivity index (χ4v) is 0.950. The minimum atomic E-state index is -0.0673. The molecule has 2 N–H and O–H groups in total. The van der Waals surface area contributed by atoms with E-state index in [1.807, 2.05) is 27.7 Å². The smallest absolute Gasteiger partial charge is 0.243 e. The zero-order chi connectivity index (χ0) is 12.8. The van der Waals surface area contributed by atoms with Gasteiger partial charge in [-0.3, -0.25) is 4.79 Å². The number of halogens is 1. The first-order valence-corrected chi connectivity index (χ1v) is 5.53. The minimum Gasteiger partial charge on any atom is -0.357 e. The Morgan fingerprint density at radius 3 is 2.18 bits per heavy atom. The van der Waals surface area contributed by atoms with Crippen LogP contribution < -0.4 is 10.6 Å². The van der Waals surface area contributed by atoms with Crippen LogP contribution in [0.3, 0.4) is 0 Å². The van der Waals surface area contributed by atoms with Gasteiger partial charge in [-0.15, -0.1) is 24.0 Å². The van der Waals surface area contributed by atoms with Crippen LogP contribution in [0.15, 0.2) is 4.99 Å². The van der Waals surface area contributed by atoms with Crippen molar-refractivity contribution >= 4 is 35.8 Å². The van der Waals surface area contributed by atoms with E-state index < -0.39 is 0 Å². The summed E-state index contributed by atoms with van der Waals surface area (Å²) in [6.45, 7) is 9.08. The van der Waals surface area contributed by atoms with E-state index in [4.69, 9.17) is 0 Å². The second-order valence-corrected chi connectivity index (χ2v) is 4.86. The molecule has 0 rings (SSSR count). The van der Waals surface area contributed by atoms with Crippen molar-refractivity contribution in [1.29, 1.82) is 0 Å². The Balaban J connectivity index is 0. The lowest BCUT2D eigenvalue weighted by molar-refractivity contribution is -0.127. The van der Waals surface area contributed by atoms with Crippen LogP contribution in [0, 0.1) is 0 Å². The number of nitrogens with one attached hydrogen (secondary N) is 2. The third-order valence-corrected chi connectivity index (χ3v) is 1.71. The van der Waals surface area contributed by atoms with Crippen molar-refractivity contribution in [2.24, 2.45) is 4.99 Å². The second-order valence-electron chi connectivity index (χ2n) is 4.86. The van der Waals surface area contributed by atoms with Crippen LogP contribution in [-0.4, -0.2) is 49.5 Å². The minimum absolute atomic E-state index is 0. The number of guanidine groups is 1. The second kappa shape index (κ2) is 8.54. The molecule has 17 heavy (non-hydrogen) atoms. The fraction of sp³-hybridized carbons (Fsp3) is 0.818. The van der Waals surface area contributed by atoms with Gasteiger partial charge in [-0.1, -0.05) is 0 Å². The van der Waals surface area contributed by atoms with Gasteiger partial charge >= 0.3 is 0 Å². The first-order chi connectivity index (χ1) is 7.26. The summed E-state index contributed by atoms with van der Waals surface area (Å²) in [6.07, 6.45) is 0. The van der Waals surface area contributed by atoms with Gasteiger partial charge in [0.1, 0.15) is 6.54 Å². The molecule has 0 fully saturated rings. The predicted molar refractivity (Wildman–Crippen MR) is 83.0 cm³/mol. The molecule has 0 saturated carbocycles.